The quantitative estimate of drug-likeness (QED) is 0.519. The van der Waals surface area contributed by atoms with Crippen molar-refractivity contribution in [3.05, 3.63) is 29.0 Å². The second kappa shape index (κ2) is 10.7. The fourth-order valence-electron chi connectivity index (χ4n) is 3.62. The number of nitrogens with zero attached hydrogens (tertiary/aromatic N) is 1. The van der Waals surface area contributed by atoms with E-state index in [1.165, 1.54) is 17.0 Å². The van der Waals surface area contributed by atoms with Gasteiger partial charge in [0.2, 0.25) is 0 Å². The molecule has 1 N–H and O–H groups in total. The number of carbonyl (C=O) groups is 1. The number of rotatable bonds is 9. The first kappa shape index (κ1) is 25.9. The molecule has 1 aliphatic heterocycles. The Morgan fingerprint density at radius 1 is 1.24 bits per heavy atom. The molecule has 1 aromatic rings. The molecule has 2 aliphatic rings. The molecule has 1 saturated carbocycles. The summed E-state index contributed by atoms with van der Waals surface area (Å²) in [5.74, 6) is -4.67. The predicted molar refractivity (Wildman–Crippen MR) is 105 cm³/mol. The zero-order chi connectivity index (χ0) is 24.2. The summed E-state index contributed by atoms with van der Waals surface area (Å²) in [4.78, 5) is 13.5. The molecule has 1 atom stereocenters. The molecule has 3 rings (SSSR count). The maximum absolute atomic E-state index is 14.5. The Kier molecular flexibility index (Phi) is 8.35. The molecule has 6 nitrogen and oxygen atoms in total. The predicted octanol–water partition coefficient (Wildman–Crippen LogP) is 3.77. The highest BCUT2D eigenvalue weighted by molar-refractivity contribution is 6.30. The van der Waals surface area contributed by atoms with Crippen LogP contribution in [0.25, 0.3) is 0 Å². The van der Waals surface area contributed by atoms with Crippen LogP contribution in [0.4, 0.5) is 26.3 Å². The zero-order valence-corrected chi connectivity index (χ0v) is 18.1. The lowest BCUT2D eigenvalue weighted by molar-refractivity contribution is -0.357. The number of piperidine rings is 1. The van der Waals surface area contributed by atoms with Crippen molar-refractivity contribution in [1.29, 1.82) is 0 Å². The Morgan fingerprint density at radius 2 is 1.97 bits per heavy atom. The van der Waals surface area contributed by atoms with E-state index in [1.54, 1.807) is 0 Å². The maximum Gasteiger partial charge on any atom is 0.522 e. The molecule has 0 spiro atoms. The van der Waals surface area contributed by atoms with E-state index in [2.05, 4.69) is 10.1 Å². The van der Waals surface area contributed by atoms with Gasteiger partial charge in [-0.2, -0.15) is 0 Å². The third-order valence-corrected chi connectivity index (χ3v) is 5.69. The normalized spacial score (nSPS) is 25.4. The van der Waals surface area contributed by atoms with Crippen LogP contribution in [0.1, 0.15) is 19.3 Å². The summed E-state index contributed by atoms with van der Waals surface area (Å²) in [7, 11) is 0. The number of alkyl halides is 5. The molecule has 1 saturated heterocycles. The number of hydrogen-bond acceptors (Lipinski definition) is 5. The third kappa shape index (κ3) is 7.90. The molecule has 33 heavy (non-hydrogen) atoms. The van der Waals surface area contributed by atoms with Crippen molar-refractivity contribution in [2.45, 2.75) is 49.8 Å². The van der Waals surface area contributed by atoms with Gasteiger partial charge in [-0.15, -0.1) is 13.2 Å². The smallest absolute Gasteiger partial charge is 0.484 e. The molecule has 2 fully saturated rings. The van der Waals surface area contributed by atoms with E-state index in [0.29, 0.717) is 0 Å². The van der Waals surface area contributed by atoms with E-state index in [0.717, 1.165) is 6.07 Å². The number of ether oxygens (including phenoxy) is 3. The largest absolute Gasteiger partial charge is 0.522 e. The first-order chi connectivity index (χ1) is 15.4. The molecule has 186 valence electrons. The zero-order valence-electron chi connectivity index (χ0n) is 17.3. The van der Waals surface area contributed by atoms with Crippen molar-refractivity contribution in [2.24, 2.45) is 0 Å². The summed E-state index contributed by atoms with van der Waals surface area (Å²) in [6.45, 7) is -0.608. The molecule has 0 radical (unpaired) electrons. The molecule has 1 unspecified atom stereocenters. The maximum atomic E-state index is 14.5. The van der Waals surface area contributed by atoms with E-state index in [-0.39, 0.29) is 55.8 Å². The van der Waals surface area contributed by atoms with Crippen molar-refractivity contribution in [1.82, 2.24) is 10.2 Å². The Balaban J connectivity index is 1.34. The second-order valence-corrected chi connectivity index (χ2v) is 8.37. The molecule has 13 heteroatoms. The lowest BCUT2D eigenvalue weighted by Gasteiger charge is -2.39. The van der Waals surface area contributed by atoms with Gasteiger partial charge in [0.15, 0.2) is 6.61 Å². The van der Waals surface area contributed by atoms with Gasteiger partial charge in [0.25, 0.3) is 11.8 Å². The molecule has 1 aromatic carbocycles. The monoisotopic (exact) mass is 504 g/mol. The number of benzene rings is 1. The highest BCUT2D eigenvalue weighted by Crippen LogP contribution is 2.32. The summed E-state index contributed by atoms with van der Waals surface area (Å²) in [6, 6.07) is 2.19. The topological polar surface area (TPSA) is 60.0 Å². The van der Waals surface area contributed by atoms with Crippen molar-refractivity contribution >= 4 is 17.5 Å². The summed E-state index contributed by atoms with van der Waals surface area (Å²) in [6.07, 6.45) is -5.80. The second-order valence-electron chi connectivity index (χ2n) is 7.96. The summed E-state index contributed by atoms with van der Waals surface area (Å²) in [5, 5.41) is 2.13. The Bertz CT molecular complexity index is 822. The van der Waals surface area contributed by atoms with Crippen LogP contribution in [0.15, 0.2) is 18.2 Å². The van der Waals surface area contributed by atoms with Crippen molar-refractivity contribution in [3.63, 3.8) is 0 Å². The standard InChI is InChI=1S/C20H23ClF6N2O4/c21-15-2-1-12(9-16(15)22)32-10-18(30)28-17-3-4-29(11-19(17,23)24)5-6-31-13-7-14(8-13)33-20(25,26)27/h1-2,9,13-14,17H,3-8,10-11H2,(H,28,30). The van der Waals surface area contributed by atoms with Gasteiger partial charge in [-0.05, 0) is 18.6 Å². The minimum Gasteiger partial charge on any atom is -0.484 e. The van der Waals surface area contributed by atoms with Crippen molar-refractivity contribution in [2.75, 3.05) is 32.8 Å². The van der Waals surface area contributed by atoms with Gasteiger partial charge >= 0.3 is 6.36 Å². The van der Waals surface area contributed by atoms with E-state index < -0.39 is 49.3 Å². The minimum atomic E-state index is -4.68. The van der Waals surface area contributed by atoms with Crippen LogP contribution < -0.4 is 10.1 Å². The highest BCUT2D eigenvalue weighted by Gasteiger charge is 2.45. The van der Waals surface area contributed by atoms with E-state index in [9.17, 15) is 31.1 Å². The first-order valence-electron chi connectivity index (χ1n) is 10.2. The van der Waals surface area contributed by atoms with Gasteiger partial charge in [-0.25, -0.2) is 13.2 Å². The molecule has 1 amide bonds. The minimum absolute atomic E-state index is 0.0146. The van der Waals surface area contributed by atoms with Crippen LogP contribution in [0.5, 0.6) is 5.75 Å². The van der Waals surface area contributed by atoms with Crippen LogP contribution in [0.3, 0.4) is 0 Å². The number of likely N-dealkylation sites (tertiary alicyclic amines) is 1. The number of hydrogen-bond donors (Lipinski definition) is 1. The van der Waals surface area contributed by atoms with Gasteiger partial charge in [-0.3, -0.25) is 14.4 Å². The number of nitrogens with one attached hydrogen (secondary N) is 1. The van der Waals surface area contributed by atoms with Crippen molar-refractivity contribution in [3.8, 4) is 5.75 Å². The molecular weight excluding hydrogens is 482 g/mol. The van der Waals surface area contributed by atoms with Gasteiger partial charge < -0.3 is 14.8 Å². The summed E-state index contributed by atoms with van der Waals surface area (Å²) in [5.41, 5.74) is 0. The van der Waals surface area contributed by atoms with Crippen LogP contribution in [0, 0.1) is 5.82 Å². The molecule has 0 aromatic heterocycles. The third-order valence-electron chi connectivity index (χ3n) is 5.39. The van der Waals surface area contributed by atoms with E-state index in [4.69, 9.17) is 21.1 Å². The van der Waals surface area contributed by atoms with Gasteiger partial charge in [-0.1, -0.05) is 11.6 Å². The summed E-state index contributed by atoms with van der Waals surface area (Å²) < 4.78 is 93.0. The van der Waals surface area contributed by atoms with Crippen LogP contribution >= 0.6 is 11.6 Å². The Morgan fingerprint density at radius 3 is 2.61 bits per heavy atom. The number of amides is 1. The van der Waals surface area contributed by atoms with Gasteiger partial charge in [0, 0.05) is 32.0 Å². The molecule has 1 heterocycles. The SMILES string of the molecule is O=C(COc1ccc(Cl)c(F)c1)NC1CCN(CCOC2CC(OC(F)(F)F)C2)CC1(F)F. The molecular formula is C20H23ClF6N2O4. The van der Waals surface area contributed by atoms with E-state index >= 15 is 0 Å². The van der Waals surface area contributed by atoms with Gasteiger partial charge in [0.05, 0.1) is 36.4 Å². The highest BCUT2D eigenvalue weighted by atomic mass is 35.5. The van der Waals surface area contributed by atoms with Gasteiger partial charge in [0.1, 0.15) is 11.6 Å². The fourth-order valence-corrected chi connectivity index (χ4v) is 3.74. The number of halogens is 7. The fraction of sp³-hybridized carbons (Fsp3) is 0.650. The van der Waals surface area contributed by atoms with Crippen LogP contribution in [0.2, 0.25) is 5.02 Å². The molecule has 0 bridgehead atoms. The summed E-state index contributed by atoms with van der Waals surface area (Å²) >= 11 is 5.55. The Hall–Kier alpha value is -1.76. The first-order valence-corrected chi connectivity index (χ1v) is 10.6. The number of carbonyl (C=O) groups excluding carboxylic acids is 1. The molecule has 1 aliphatic carbocycles. The average molecular weight is 505 g/mol. The van der Waals surface area contributed by atoms with Crippen LogP contribution in [-0.4, -0.2) is 74.2 Å². The lowest BCUT2D eigenvalue weighted by atomic mass is 9.92. The average Bonchev–Trinajstić information content (AvgIpc) is 2.67. The lowest BCUT2D eigenvalue weighted by Crippen LogP contribution is -2.59. The van der Waals surface area contributed by atoms with Crippen LogP contribution in [-0.2, 0) is 14.3 Å². The Labute approximate surface area is 191 Å². The van der Waals surface area contributed by atoms with Crippen molar-refractivity contribution < 1.29 is 45.3 Å². The van der Waals surface area contributed by atoms with E-state index in [1.807, 2.05) is 0 Å².